The highest BCUT2D eigenvalue weighted by atomic mass is 32.1. The standard InChI is InChI=1S/C14H19N5OS/c1-3-11-13(21-17-16-11)14(20)18(2)8-10-4-5-12-15-6-7-19(12)9-10/h6-7,10H,3-5,8-9H2,1-2H3. The van der Waals surface area contributed by atoms with E-state index in [-0.39, 0.29) is 5.91 Å². The van der Waals surface area contributed by atoms with Gasteiger partial charge < -0.3 is 9.47 Å². The first-order valence-electron chi connectivity index (χ1n) is 7.25. The van der Waals surface area contributed by atoms with Crippen molar-refractivity contribution in [1.29, 1.82) is 0 Å². The Morgan fingerprint density at radius 2 is 2.43 bits per heavy atom. The van der Waals surface area contributed by atoms with Gasteiger partial charge in [-0.2, -0.15) is 0 Å². The summed E-state index contributed by atoms with van der Waals surface area (Å²) in [4.78, 5) is 19.3. The summed E-state index contributed by atoms with van der Waals surface area (Å²) in [6.45, 7) is 3.70. The van der Waals surface area contributed by atoms with E-state index in [9.17, 15) is 4.79 Å². The van der Waals surface area contributed by atoms with E-state index in [4.69, 9.17) is 0 Å². The Morgan fingerprint density at radius 1 is 1.57 bits per heavy atom. The lowest BCUT2D eigenvalue weighted by Gasteiger charge is -2.28. The molecular weight excluding hydrogens is 286 g/mol. The molecule has 1 amide bonds. The molecule has 0 radical (unpaired) electrons. The van der Waals surface area contributed by atoms with Gasteiger partial charge in [0, 0.05) is 39.0 Å². The molecule has 0 saturated heterocycles. The topological polar surface area (TPSA) is 63.9 Å². The Morgan fingerprint density at radius 3 is 3.24 bits per heavy atom. The van der Waals surface area contributed by atoms with Crippen LogP contribution in [0.3, 0.4) is 0 Å². The Hall–Kier alpha value is -1.76. The van der Waals surface area contributed by atoms with Crippen molar-refractivity contribution >= 4 is 17.4 Å². The fourth-order valence-electron chi connectivity index (χ4n) is 2.83. The number of nitrogens with zero attached hydrogens (tertiary/aromatic N) is 5. The van der Waals surface area contributed by atoms with Crippen LogP contribution >= 0.6 is 11.5 Å². The van der Waals surface area contributed by atoms with Crippen LogP contribution in [0.25, 0.3) is 0 Å². The van der Waals surface area contributed by atoms with Gasteiger partial charge in [-0.15, -0.1) is 5.10 Å². The number of hydrogen-bond donors (Lipinski definition) is 0. The lowest BCUT2D eigenvalue weighted by Crippen LogP contribution is -2.35. The zero-order valence-corrected chi connectivity index (χ0v) is 13.1. The fraction of sp³-hybridized carbons (Fsp3) is 0.571. The quantitative estimate of drug-likeness (QED) is 0.861. The van der Waals surface area contributed by atoms with Crippen molar-refractivity contribution in [3.05, 3.63) is 28.8 Å². The van der Waals surface area contributed by atoms with E-state index in [1.165, 1.54) is 11.5 Å². The molecule has 1 unspecified atom stereocenters. The van der Waals surface area contributed by atoms with Crippen molar-refractivity contribution in [2.75, 3.05) is 13.6 Å². The second-order valence-corrected chi connectivity index (χ2v) is 6.24. The van der Waals surface area contributed by atoms with Crippen LogP contribution in [0.1, 0.15) is 34.5 Å². The highest BCUT2D eigenvalue weighted by Gasteiger charge is 2.24. The maximum Gasteiger partial charge on any atom is 0.267 e. The predicted octanol–water partition coefficient (Wildman–Crippen LogP) is 1.63. The van der Waals surface area contributed by atoms with Crippen LogP contribution in [0.5, 0.6) is 0 Å². The lowest BCUT2D eigenvalue weighted by molar-refractivity contribution is 0.0764. The normalized spacial score (nSPS) is 17.5. The largest absolute Gasteiger partial charge is 0.341 e. The zero-order chi connectivity index (χ0) is 14.8. The molecule has 0 aliphatic carbocycles. The number of carbonyl (C=O) groups excluding carboxylic acids is 1. The number of carbonyl (C=O) groups is 1. The molecule has 1 aliphatic rings. The molecule has 2 aromatic heterocycles. The first kappa shape index (κ1) is 14.2. The summed E-state index contributed by atoms with van der Waals surface area (Å²) < 4.78 is 6.09. The van der Waals surface area contributed by atoms with Crippen LogP contribution in [0, 0.1) is 5.92 Å². The molecule has 0 saturated carbocycles. The number of rotatable bonds is 4. The Balaban J connectivity index is 1.64. The van der Waals surface area contributed by atoms with Gasteiger partial charge in [-0.05, 0) is 30.3 Å². The summed E-state index contributed by atoms with van der Waals surface area (Å²) in [6, 6.07) is 0. The molecule has 0 N–H and O–H groups in total. The van der Waals surface area contributed by atoms with Crippen LogP contribution in [0.4, 0.5) is 0 Å². The van der Waals surface area contributed by atoms with Gasteiger partial charge in [-0.25, -0.2) is 4.98 Å². The summed E-state index contributed by atoms with van der Waals surface area (Å²) >= 11 is 1.20. The minimum atomic E-state index is 0.0401. The van der Waals surface area contributed by atoms with E-state index in [0.717, 1.165) is 43.9 Å². The van der Waals surface area contributed by atoms with E-state index >= 15 is 0 Å². The number of fused-ring (bicyclic) bond motifs is 1. The van der Waals surface area contributed by atoms with Crippen LogP contribution < -0.4 is 0 Å². The smallest absolute Gasteiger partial charge is 0.267 e. The zero-order valence-electron chi connectivity index (χ0n) is 12.3. The molecule has 1 atom stereocenters. The number of amides is 1. The molecule has 21 heavy (non-hydrogen) atoms. The van der Waals surface area contributed by atoms with Crippen molar-refractivity contribution in [2.24, 2.45) is 5.92 Å². The van der Waals surface area contributed by atoms with Gasteiger partial charge in [0.2, 0.25) is 0 Å². The first-order valence-corrected chi connectivity index (χ1v) is 8.03. The predicted molar refractivity (Wildman–Crippen MR) is 80.3 cm³/mol. The average molecular weight is 305 g/mol. The third-order valence-corrected chi connectivity index (χ3v) is 4.75. The molecule has 112 valence electrons. The van der Waals surface area contributed by atoms with Crippen LogP contribution in [-0.2, 0) is 19.4 Å². The van der Waals surface area contributed by atoms with Crippen molar-refractivity contribution < 1.29 is 4.79 Å². The highest BCUT2D eigenvalue weighted by Crippen LogP contribution is 2.21. The molecule has 2 aromatic rings. The molecule has 0 aromatic carbocycles. The summed E-state index contributed by atoms with van der Waals surface area (Å²) in [5.41, 5.74) is 0.803. The van der Waals surface area contributed by atoms with Gasteiger partial charge in [-0.3, -0.25) is 4.79 Å². The second kappa shape index (κ2) is 5.93. The number of aromatic nitrogens is 4. The van der Waals surface area contributed by atoms with E-state index in [2.05, 4.69) is 19.1 Å². The fourth-order valence-corrected chi connectivity index (χ4v) is 3.58. The van der Waals surface area contributed by atoms with E-state index in [0.29, 0.717) is 10.8 Å². The summed E-state index contributed by atoms with van der Waals surface area (Å²) in [5.74, 6) is 1.67. The Bertz CT molecular complexity index is 635. The molecular formula is C14H19N5OS. The molecule has 6 nitrogen and oxygen atoms in total. The summed E-state index contributed by atoms with van der Waals surface area (Å²) in [6.07, 6.45) is 6.68. The third-order valence-electron chi connectivity index (χ3n) is 4.00. The molecule has 1 aliphatic heterocycles. The van der Waals surface area contributed by atoms with Crippen molar-refractivity contribution in [3.8, 4) is 0 Å². The molecule has 0 fully saturated rings. The number of aryl methyl sites for hydroxylation is 2. The summed E-state index contributed by atoms with van der Waals surface area (Å²) in [7, 11) is 1.87. The van der Waals surface area contributed by atoms with E-state index < -0.39 is 0 Å². The monoisotopic (exact) mass is 305 g/mol. The maximum atomic E-state index is 12.5. The number of imidazole rings is 1. The SMILES string of the molecule is CCc1nnsc1C(=O)N(C)CC1CCc2nccn2C1. The van der Waals surface area contributed by atoms with Crippen molar-refractivity contribution in [2.45, 2.75) is 32.7 Å². The Labute approximate surface area is 128 Å². The maximum absolute atomic E-state index is 12.5. The highest BCUT2D eigenvalue weighted by molar-refractivity contribution is 7.07. The van der Waals surface area contributed by atoms with Gasteiger partial charge >= 0.3 is 0 Å². The van der Waals surface area contributed by atoms with Crippen LogP contribution in [0.2, 0.25) is 0 Å². The van der Waals surface area contributed by atoms with E-state index in [1.54, 1.807) is 4.90 Å². The lowest BCUT2D eigenvalue weighted by atomic mass is 9.99. The molecule has 0 bridgehead atoms. The molecule has 0 spiro atoms. The molecule has 3 heterocycles. The average Bonchev–Trinajstić information content (AvgIpc) is 3.14. The van der Waals surface area contributed by atoms with Gasteiger partial charge in [0.25, 0.3) is 5.91 Å². The van der Waals surface area contributed by atoms with Gasteiger partial charge in [-0.1, -0.05) is 11.4 Å². The molecule has 3 rings (SSSR count). The van der Waals surface area contributed by atoms with Gasteiger partial charge in [0.15, 0.2) is 0 Å². The van der Waals surface area contributed by atoms with Crippen LogP contribution in [0.15, 0.2) is 12.4 Å². The molecule has 7 heteroatoms. The van der Waals surface area contributed by atoms with Gasteiger partial charge in [0.1, 0.15) is 10.7 Å². The van der Waals surface area contributed by atoms with Crippen molar-refractivity contribution in [1.82, 2.24) is 24.0 Å². The first-order chi connectivity index (χ1) is 10.2. The minimum absolute atomic E-state index is 0.0401. The van der Waals surface area contributed by atoms with Gasteiger partial charge in [0.05, 0.1) is 5.69 Å². The Kier molecular flexibility index (Phi) is 4.01. The minimum Gasteiger partial charge on any atom is -0.341 e. The van der Waals surface area contributed by atoms with Crippen molar-refractivity contribution in [3.63, 3.8) is 0 Å². The second-order valence-electron chi connectivity index (χ2n) is 5.49. The van der Waals surface area contributed by atoms with E-state index in [1.807, 2.05) is 26.4 Å². The van der Waals surface area contributed by atoms with Crippen LogP contribution in [-0.4, -0.2) is 43.5 Å². The summed E-state index contributed by atoms with van der Waals surface area (Å²) in [5, 5.41) is 4.02. The third kappa shape index (κ3) is 2.83. The number of hydrogen-bond acceptors (Lipinski definition) is 5.